The van der Waals surface area contributed by atoms with Gasteiger partial charge in [-0.05, 0) is 52.7 Å². The van der Waals surface area contributed by atoms with Crippen molar-refractivity contribution < 1.29 is 4.52 Å². The number of nitrogens with zero attached hydrogens (tertiary/aromatic N) is 3. The zero-order chi connectivity index (χ0) is 13.0. The van der Waals surface area contributed by atoms with E-state index < -0.39 is 0 Å². The fourth-order valence-corrected chi connectivity index (χ4v) is 2.46. The van der Waals surface area contributed by atoms with Crippen LogP contribution in [-0.2, 0) is 6.42 Å². The molecule has 1 saturated heterocycles. The molecule has 1 aromatic rings. The van der Waals surface area contributed by atoms with Crippen molar-refractivity contribution in [1.29, 1.82) is 0 Å². The van der Waals surface area contributed by atoms with Gasteiger partial charge in [-0.15, -0.1) is 0 Å². The Balaban J connectivity index is 1.87. The molecule has 0 radical (unpaired) electrons. The molecule has 5 heteroatoms. The third kappa shape index (κ3) is 3.29. The van der Waals surface area contributed by atoms with Crippen LogP contribution in [-0.4, -0.2) is 40.7 Å². The molecule has 1 aliphatic heterocycles. The highest BCUT2D eigenvalue weighted by molar-refractivity contribution is 4.97. The minimum absolute atomic E-state index is 0.444. The molecule has 5 nitrogen and oxygen atoms in total. The Morgan fingerprint density at radius 1 is 1.39 bits per heavy atom. The van der Waals surface area contributed by atoms with Crippen molar-refractivity contribution in [3.8, 4) is 0 Å². The smallest absolute Gasteiger partial charge is 0.229 e. The van der Waals surface area contributed by atoms with Gasteiger partial charge in [0.2, 0.25) is 5.89 Å². The van der Waals surface area contributed by atoms with E-state index in [1.54, 1.807) is 0 Å². The first-order valence-corrected chi connectivity index (χ1v) is 6.97. The largest absolute Gasteiger partial charge is 0.339 e. The molecule has 1 fully saturated rings. The second kappa shape index (κ2) is 6.29. The lowest BCUT2D eigenvalue weighted by molar-refractivity contribution is 0.160. The van der Waals surface area contributed by atoms with E-state index in [1.807, 2.05) is 0 Å². The number of likely N-dealkylation sites (tertiary alicyclic amines) is 1. The maximum absolute atomic E-state index is 5.48. The van der Waals surface area contributed by atoms with Crippen LogP contribution < -0.4 is 5.73 Å². The van der Waals surface area contributed by atoms with E-state index in [9.17, 15) is 0 Å². The summed E-state index contributed by atoms with van der Waals surface area (Å²) in [6.45, 7) is 7.43. The Morgan fingerprint density at radius 2 is 2.11 bits per heavy atom. The average Bonchev–Trinajstić information content (AvgIpc) is 2.85. The van der Waals surface area contributed by atoms with E-state index in [1.165, 1.54) is 0 Å². The van der Waals surface area contributed by atoms with Crippen LogP contribution in [0, 0.1) is 0 Å². The van der Waals surface area contributed by atoms with E-state index in [0.717, 1.165) is 50.5 Å². The van der Waals surface area contributed by atoms with Crippen molar-refractivity contribution in [2.75, 3.05) is 19.6 Å². The predicted molar refractivity (Wildman–Crippen MR) is 70.4 cm³/mol. The summed E-state index contributed by atoms with van der Waals surface area (Å²) >= 11 is 0. The van der Waals surface area contributed by atoms with Gasteiger partial charge in [0.15, 0.2) is 5.82 Å². The van der Waals surface area contributed by atoms with Crippen molar-refractivity contribution in [3.63, 3.8) is 0 Å². The van der Waals surface area contributed by atoms with Crippen molar-refractivity contribution in [2.45, 2.75) is 51.5 Å². The van der Waals surface area contributed by atoms with E-state index in [4.69, 9.17) is 10.3 Å². The molecule has 0 spiro atoms. The third-order valence-electron chi connectivity index (χ3n) is 3.70. The van der Waals surface area contributed by atoms with Gasteiger partial charge in [0, 0.05) is 18.4 Å². The van der Waals surface area contributed by atoms with Crippen molar-refractivity contribution >= 4 is 0 Å². The van der Waals surface area contributed by atoms with Crippen LogP contribution in [0.1, 0.15) is 50.7 Å². The van der Waals surface area contributed by atoms with Gasteiger partial charge in [-0.3, -0.25) is 0 Å². The van der Waals surface area contributed by atoms with Crippen LogP contribution >= 0.6 is 0 Å². The van der Waals surface area contributed by atoms with Gasteiger partial charge in [-0.2, -0.15) is 4.98 Å². The molecular formula is C13H24N4O. The Bertz CT molecular complexity index is 356. The number of piperidine rings is 1. The van der Waals surface area contributed by atoms with Crippen LogP contribution in [0.2, 0.25) is 0 Å². The van der Waals surface area contributed by atoms with Crippen molar-refractivity contribution in [2.24, 2.45) is 5.73 Å². The highest BCUT2D eigenvalue weighted by Crippen LogP contribution is 2.27. The van der Waals surface area contributed by atoms with Gasteiger partial charge in [0.25, 0.3) is 0 Å². The molecule has 0 bridgehead atoms. The van der Waals surface area contributed by atoms with Gasteiger partial charge in [-0.25, -0.2) is 0 Å². The first-order valence-electron chi connectivity index (χ1n) is 6.97. The van der Waals surface area contributed by atoms with Gasteiger partial charge >= 0.3 is 0 Å². The molecule has 0 unspecified atom stereocenters. The molecule has 102 valence electrons. The summed E-state index contributed by atoms with van der Waals surface area (Å²) < 4.78 is 5.38. The molecule has 2 heterocycles. The van der Waals surface area contributed by atoms with Gasteiger partial charge in [0.1, 0.15) is 0 Å². The SMILES string of the molecule is CC(C)N1CCC(c2nc(CCCN)no2)CC1. The van der Waals surface area contributed by atoms with E-state index in [2.05, 4.69) is 28.9 Å². The summed E-state index contributed by atoms with van der Waals surface area (Å²) in [6.07, 6.45) is 3.99. The molecule has 0 saturated carbocycles. The van der Waals surface area contributed by atoms with E-state index in [-0.39, 0.29) is 0 Å². The highest BCUT2D eigenvalue weighted by Gasteiger charge is 2.25. The summed E-state index contributed by atoms with van der Waals surface area (Å²) in [5.74, 6) is 2.08. The van der Waals surface area contributed by atoms with Crippen molar-refractivity contribution in [1.82, 2.24) is 15.0 Å². The normalized spacial score (nSPS) is 18.7. The molecule has 18 heavy (non-hydrogen) atoms. The number of hydrogen-bond donors (Lipinski definition) is 1. The summed E-state index contributed by atoms with van der Waals surface area (Å²) in [5.41, 5.74) is 5.48. The van der Waals surface area contributed by atoms with Crippen LogP contribution in [0.15, 0.2) is 4.52 Å². The number of nitrogens with two attached hydrogens (primary N) is 1. The van der Waals surface area contributed by atoms with Gasteiger partial charge in [-0.1, -0.05) is 5.16 Å². The lowest BCUT2D eigenvalue weighted by Gasteiger charge is -2.33. The molecule has 2 rings (SSSR count). The van der Waals surface area contributed by atoms with E-state index >= 15 is 0 Å². The zero-order valence-electron chi connectivity index (χ0n) is 11.4. The summed E-state index contributed by atoms with van der Waals surface area (Å²) in [6, 6.07) is 0.633. The Labute approximate surface area is 109 Å². The van der Waals surface area contributed by atoms with Crippen molar-refractivity contribution in [3.05, 3.63) is 11.7 Å². The summed E-state index contributed by atoms with van der Waals surface area (Å²) in [4.78, 5) is 6.99. The quantitative estimate of drug-likeness (QED) is 0.861. The molecule has 0 aromatic carbocycles. The standard InChI is InChI=1S/C13H24N4O/c1-10(2)17-8-5-11(6-9-17)13-15-12(16-18-13)4-3-7-14/h10-11H,3-9,14H2,1-2H3. The molecular weight excluding hydrogens is 228 g/mol. The molecule has 1 aliphatic rings. The minimum Gasteiger partial charge on any atom is -0.339 e. The first-order chi connectivity index (χ1) is 8.70. The monoisotopic (exact) mass is 252 g/mol. The van der Waals surface area contributed by atoms with E-state index in [0.29, 0.717) is 18.5 Å². The highest BCUT2D eigenvalue weighted by atomic mass is 16.5. The predicted octanol–water partition coefficient (Wildman–Crippen LogP) is 1.55. The topological polar surface area (TPSA) is 68.2 Å². The Morgan fingerprint density at radius 3 is 2.72 bits per heavy atom. The lowest BCUT2D eigenvalue weighted by Crippen LogP contribution is -2.37. The fraction of sp³-hybridized carbons (Fsp3) is 0.846. The number of rotatable bonds is 5. The average molecular weight is 252 g/mol. The zero-order valence-corrected chi connectivity index (χ0v) is 11.4. The Kier molecular flexibility index (Phi) is 4.72. The molecule has 0 amide bonds. The lowest BCUT2D eigenvalue weighted by atomic mass is 9.96. The number of aryl methyl sites for hydroxylation is 1. The molecule has 1 aromatic heterocycles. The summed E-state index contributed by atoms with van der Waals surface area (Å²) in [5, 5.41) is 4.03. The minimum atomic E-state index is 0.444. The van der Waals surface area contributed by atoms with Crippen LogP contribution in [0.25, 0.3) is 0 Å². The number of hydrogen-bond acceptors (Lipinski definition) is 5. The van der Waals surface area contributed by atoms with Crippen LogP contribution in [0.3, 0.4) is 0 Å². The molecule has 0 atom stereocenters. The Hall–Kier alpha value is -0.940. The second-order valence-electron chi connectivity index (χ2n) is 5.35. The molecule has 2 N–H and O–H groups in total. The third-order valence-corrected chi connectivity index (χ3v) is 3.70. The number of aromatic nitrogens is 2. The maximum atomic E-state index is 5.48. The fourth-order valence-electron chi connectivity index (χ4n) is 2.46. The summed E-state index contributed by atoms with van der Waals surface area (Å²) in [7, 11) is 0. The van der Waals surface area contributed by atoms with Crippen LogP contribution in [0.5, 0.6) is 0 Å². The first kappa shape index (κ1) is 13.5. The van der Waals surface area contributed by atoms with Crippen LogP contribution in [0.4, 0.5) is 0 Å². The second-order valence-corrected chi connectivity index (χ2v) is 5.35. The molecule has 0 aliphatic carbocycles. The maximum Gasteiger partial charge on any atom is 0.229 e. The van der Waals surface area contributed by atoms with Gasteiger partial charge < -0.3 is 15.2 Å². The van der Waals surface area contributed by atoms with Gasteiger partial charge in [0.05, 0.1) is 0 Å².